The maximum absolute atomic E-state index is 13.2. The number of hydrogen-bond donors (Lipinski definition) is 1. The number of ether oxygens (including phenoxy) is 2. The molecule has 4 rings (SSSR count). The van der Waals surface area contributed by atoms with Crippen LogP contribution in [0, 0.1) is 0 Å². The molecule has 3 aromatic carbocycles. The highest BCUT2D eigenvalue weighted by Gasteiger charge is 2.33. The van der Waals surface area contributed by atoms with E-state index < -0.39 is 0 Å². The van der Waals surface area contributed by atoms with Gasteiger partial charge < -0.3 is 19.7 Å². The van der Waals surface area contributed by atoms with Crippen LogP contribution in [-0.2, 0) is 6.42 Å². The summed E-state index contributed by atoms with van der Waals surface area (Å²) in [6.45, 7) is 0.612. The molecule has 5 heteroatoms. The van der Waals surface area contributed by atoms with Crippen molar-refractivity contribution in [3.05, 3.63) is 89.5 Å². The first kappa shape index (κ1) is 18.9. The monoisotopic (exact) mass is 388 g/mol. The lowest BCUT2D eigenvalue weighted by atomic mass is 9.88. The Morgan fingerprint density at radius 3 is 2.21 bits per heavy atom. The molecule has 5 nitrogen and oxygen atoms in total. The summed E-state index contributed by atoms with van der Waals surface area (Å²) in [5.74, 6) is 1.37. The van der Waals surface area contributed by atoms with E-state index in [-0.39, 0.29) is 12.1 Å². The fraction of sp³-hybridized carbons (Fsp3) is 0.208. The van der Waals surface area contributed by atoms with Crippen LogP contribution in [0.2, 0.25) is 0 Å². The molecule has 1 unspecified atom stereocenters. The summed E-state index contributed by atoms with van der Waals surface area (Å²) in [6, 6.07) is 23.3. The maximum Gasteiger partial charge on any atom is 0.322 e. The number of para-hydroxylation sites is 1. The Morgan fingerprint density at radius 2 is 1.55 bits per heavy atom. The highest BCUT2D eigenvalue weighted by Crippen LogP contribution is 2.41. The van der Waals surface area contributed by atoms with Gasteiger partial charge in [-0.25, -0.2) is 4.79 Å². The number of nitrogens with one attached hydrogen (secondary N) is 1. The molecule has 1 aliphatic rings. The van der Waals surface area contributed by atoms with Gasteiger partial charge in [0.25, 0.3) is 0 Å². The van der Waals surface area contributed by atoms with Crippen molar-refractivity contribution >= 4 is 11.7 Å². The number of nitrogens with zero attached hydrogens (tertiary/aromatic N) is 1. The fourth-order valence-electron chi connectivity index (χ4n) is 3.88. The van der Waals surface area contributed by atoms with Crippen LogP contribution in [0.15, 0.2) is 72.8 Å². The minimum absolute atomic E-state index is 0.120. The van der Waals surface area contributed by atoms with Crippen molar-refractivity contribution in [3.8, 4) is 11.5 Å². The molecule has 0 spiro atoms. The summed E-state index contributed by atoms with van der Waals surface area (Å²) in [5, 5.41) is 3.02. The molecule has 2 amide bonds. The van der Waals surface area contributed by atoms with Crippen LogP contribution in [0.3, 0.4) is 0 Å². The van der Waals surface area contributed by atoms with Crippen molar-refractivity contribution in [1.82, 2.24) is 4.90 Å². The van der Waals surface area contributed by atoms with Crippen molar-refractivity contribution in [2.45, 2.75) is 12.5 Å². The van der Waals surface area contributed by atoms with Gasteiger partial charge in [0, 0.05) is 12.2 Å². The Labute approximate surface area is 170 Å². The Hall–Kier alpha value is -3.47. The lowest BCUT2D eigenvalue weighted by molar-refractivity contribution is 0.193. The minimum Gasteiger partial charge on any atom is -0.493 e. The average Bonchev–Trinajstić information content (AvgIpc) is 2.78. The number of fused-ring (bicyclic) bond motifs is 1. The van der Waals surface area contributed by atoms with E-state index in [1.165, 1.54) is 5.56 Å². The molecule has 1 heterocycles. The lowest BCUT2D eigenvalue weighted by Crippen LogP contribution is -2.43. The molecule has 0 aliphatic carbocycles. The van der Waals surface area contributed by atoms with Crippen LogP contribution in [0.25, 0.3) is 0 Å². The van der Waals surface area contributed by atoms with Crippen LogP contribution < -0.4 is 14.8 Å². The van der Waals surface area contributed by atoms with Crippen molar-refractivity contribution in [2.75, 3.05) is 26.1 Å². The van der Waals surface area contributed by atoms with Crippen LogP contribution in [0.4, 0.5) is 10.5 Å². The quantitative estimate of drug-likeness (QED) is 0.693. The Morgan fingerprint density at radius 1 is 0.931 bits per heavy atom. The maximum atomic E-state index is 13.2. The van der Waals surface area contributed by atoms with Crippen LogP contribution in [-0.4, -0.2) is 31.7 Å². The second-order valence-corrected chi connectivity index (χ2v) is 6.96. The van der Waals surface area contributed by atoms with E-state index in [1.54, 1.807) is 14.2 Å². The van der Waals surface area contributed by atoms with E-state index in [0.717, 1.165) is 23.2 Å². The molecule has 0 aromatic heterocycles. The number of amides is 2. The summed E-state index contributed by atoms with van der Waals surface area (Å²) in [7, 11) is 3.27. The van der Waals surface area contributed by atoms with Gasteiger partial charge in [0.05, 0.1) is 20.3 Å². The molecule has 0 saturated heterocycles. The summed E-state index contributed by atoms with van der Waals surface area (Å²) < 4.78 is 11.0. The van der Waals surface area contributed by atoms with Crippen LogP contribution >= 0.6 is 0 Å². The van der Waals surface area contributed by atoms with E-state index in [0.29, 0.717) is 18.0 Å². The van der Waals surface area contributed by atoms with Crippen LogP contribution in [0.5, 0.6) is 11.5 Å². The molecule has 0 radical (unpaired) electrons. The number of anilines is 1. The van der Waals surface area contributed by atoms with Crippen molar-refractivity contribution in [3.63, 3.8) is 0 Å². The van der Waals surface area contributed by atoms with Gasteiger partial charge in [-0.3, -0.25) is 0 Å². The topological polar surface area (TPSA) is 50.8 Å². The van der Waals surface area contributed by atoms with Gasteiger partial charge in [0.1, 0.15) is 0 Å². The number of methoxy groups -OCH3 is 2. The Kier molecular flexibility index (Phi) is 5.38. The third-order valence-electron chi connectivity index (χ3n) is 5.27. The third kappa shape index (κ3) is 3.76. The normalized spacial score (nSPS) is 15.4. The zero-order chi connectivity index (χ0) is 20.2. The first-order valence-electron chi connectivity index (χ1n) is 9.63. The SMILES string of the molecule is COc1cc2c(cc1OC)C(c1ccccc1)N(C(=O)Nc1ccccc1)CC2. The number of carbonyl (C=O) groups is 1. The molecule has 1 aliphatic heterocycles. The minimum atomic E-state index is -0.205. The highest BCUT2D eigenvalue weighted by molar-refractivity contribution is 5.90. The average molecular weight is 388 g/mol. The first-order chi connectivity index (χ1) is 14.2. The van der Waals surface area contributed by atoms with Crippen molar-refractivity contribution in [2.24, 2.45) is 0 Å². The second kappa shape index (κ2) is 8.27. The predicted molar refractivity (Wildman–Crippen MR) is 114 cm³/mol. The van der Waals surface area contributed by atoms with Crippen molar-refractivity contribution < 1.29 is 14.3 Å². The lowest BCUT2D eigenvalue weighted by Gasteiger charge is -2.38. The number of urea groups is 1. The van der Waals surface area contributed by atoms with E-state index in [2.05, 4.69) is 17.4 Å². The smallest absolute Gasteiger partial charge is 0.322 e. The van der Waals surface area contributed by atoms with Crippen LogP contribution in [0.1, 0.15) is 22.7 Å². The molecule has 1 atom stereocenters. The fourth-order valence-corrected chi connectivity index (χ4v) is 3.88. The Balaban J connectivity index is 1.76. The number of rotatable bonds is 4. The number of hydrogen-bond acceptors (Lipinski definition) is 3. The second-order valence-electron chi connectivity index (χ2n) is 6.96. The molecular weight excluding hydrogens is 364 g/mol. The van der Waals surface area contributed by atoms with E-state index in [9.17, 15) is 4.79 Å². The predicted octanol–water partition coefficient (Wildman–Crippen LogP) is 4.88. The van der Waals surface area contributed by atoms with E-state index >= 15 is 0 Å². The van der Waals surface area contributed by atoms with Gasteiger partial charge in [-0.05, 0) is 47.4 Å². The zero-order valence-corrected chi connectivity index (χ0v) is 16.6. The standard InChI is InChI=1S/C24H24N2O3/c1-28-21-15-18-13-14-26(24(27)25-19-11-7-4-8-12-19)23(17-9-5-3-6-10-17)20(18)16-22(21)29-2/h3-12,15-16,23H,13-14H2,1-2H3,(H,25,27). The molecule has 0 saturated carbocycles. The summed E-state index contributed by atoms with van der Waals surface area (Å²) in [4.78, 5) is 15.1. The van der Waals surface area contributed by atoms with Gasteiger partial charge in [0.15, 0.2) is 11.5 Å². The van der Waals surface area contributed by atoms with Gasteiger partial charge in [-0.1, -0.05) is 48.5 Å². The van der Waals surface area contributed by atoms with E-state index in [4.69, 9.17) is 9.47 Å². The highest BCUT2D eigenvalue weighted by atomic mass is 16.5. The van der Waals surface area contributed by atoms with Crippen molar-refractivity contribution in [1.29, 1.82) is 0 Å². The van der Waals surface area contributed by atoms with Gasteiger partial charge >= 0.3 is 6.03 Å². The largest absolute Gasteiger partial charge is 0.493 e. The molecule has 29 heavy (non-hydrogen) atoms. The summed E-state index contributed by atoms with van der Waals surface area (Å²) in [6.07, 6.45) is 0.751. The molecule has 1 N–H and O–H groups in total. The number of benzene rings is 3. The first-order valence-corrected chi connectivity index (χ1v) is 9.63. The van der Waals surface area contributed by atoms with Gasteiger partial charge in [-0.2, -0.15) is 0 Å². The van der Waals surface area contributed by atoms with E-state index in [1.807, 2.05) is 65.6 Å². The number of carbonyl (C=O) groups excluding carboxylic acids is 1. The third-order valence-corrected chi connectivity index (χ3v) is 5.27. The molecule has 0 bridgehead atoms. The summed E-state index contributed by atoms with van der Waals surface area (Å²) in [5.41, 5.74) is 4.06. The zero-order valence-electron chi connectivity index (χ0n) is 16.6. The summed E-state index contributed by atoms with van der Waals surface area (Å²) >= 11 is 0. The molecule has 148 valence electrons. The molecule has 0 fully saturated rings. The van der Waals surface area contributed by atoms with Gasteiger partial charge in [0.2, 0.25) is 0 Å². The Bertz CT molecular complexity index is 990. The molecule has 3 aromatic rings. The molecular formula is C24H24N2O3. The van der Waals surface area contributed by atoms with Gasteiger partial charge in [-0.15, -0.1) is 0 Å².